The average Bonchev–Trinajstić information content (AvgIpc) is 2.81. The molecule has 32 heavy (non-hydrogen) atoms. The first kappa shape index (κ1) is 24.6. The molecule has 0 atom stereocenters. The number of aromatic hydroxyl groups is 1. The molecule has 0 aliphatic carbocycles. The van der Waals surface area contributed by atoms with E-state index >= 15 is 0 Å². The van der Waals surface area contributed by atoms with Gasteiger partial charge in [-0.1, -0.05) is 24.3 Å². The monoisotopic (exact) mass is 554 g/mol. The summed E-state index contributed by atoms with van der Waals surface area (Å²) in [7, 11) is 1.80. The fourth-order valence-electron chi connectivity index (χ4n) is 4.62. The molecule has 6 nitrogen and oxygen atoms in total. The van der Waals surface area contributed by atoms with Crippen molar-refractivity contribution in [2.24, 2.45) is 4.99 Å². The largest absolute Gasteiger partial charge is 0.506 e. The van der Waals surface area contributed by atoms with E-state index in [-0.39, 0.29) is 35.2 Å². The number of guanidine groups is 1. The van der Waals surface area contributed by atoms with Crippen LogP contribution in [0.5, 0.6) is 5.75 Å². The minimum Gasteiger partial charge on any atom is -0.506 e. The fraction of sp³-hybridized carbons (Fsp3) is 0.458. The van der Waals surface area contributed by atoms with Crippen molar-refractivity contribution in [3.05, 3.63) is 59.9 Å². The second-order valence-electron chi connectivity index (χ2n) is 8.27. The smallest absolute Gasteiger partial charge is 0.193 e. The first-order chi connectivity index (χ1) is 15.1. The Kier molecular flexibility index (Phi) is 8.58. The third kappa shape index (κ3) is 5.46. The SMILES string of the molecule is CN=C(NCC1(c2cccc(F)c2)CCOCC1)N1CCN(c2ccccc2O)CC1.I. The van der Waals surface area contributed by atoms with E-state index in [0.29, 0.717) is 25.5 Å². The van der Waals surface area contributed by atoms with Crippen LogP contribution in [0.1, 0.15) is 18.4 Å². The van der Waals surface area contributed by atoms with Gasteiger partial charge in [-0.3, -0.25) is 4.99 Å². The Morgan fingerprint density at radius 3 is 2.47 bits per heavy atom. The fourth-order valence-corrected chi connectivity index (χ4v) is 4.62. The van der Waals surface area contributed by atoms with Crippen molar-refractivity contribution >= 4 is 35.6 Å². The summed E-state index contributed by atoms with van der Waals surface area (Å²) in [5, 5.41) is 13.7. The number of para-hydroxylation sites is 2. The van der Waals surface area contributed by atoms with E-state index in [2.05, 4.69) is 20.1 Å². The van der Waals surface area contributed by atoms with Gasteiger partial charge < -0.3 is 25.0 Å². The Morgan fingerprint density at radius 1 is 1.09 bits per heavy atom. The summed E-state index contributed by atoms with van der Waals surface area (Å²) >= 11 is 0. The quantitative estimate of drug-likeness (QED) is 0.344. The Morgan fingerprint density at radius 2 is 1.81 bits per heavy atom. The number of piperazine rings is 1. The lowest BCUT2D eigenvalue weighted by molar-refractivity contribution is 0.0510. The number of phenolic OH excluding ortho intramolecular Hbond substituents is 1. The minimum atomic E-state index is -0.201. The molecular formula is C24H32FIN4O2. The first-order valence-electron chi connectivity index (χ1n) is 10.9. The van der Waals surface area contributed by atoms with E-state index in [1.165, 1.54) is 6.07 Å². The summed E-state index contributed by atoms with van der Waals surface area (Å²) in [6.07, 6.45) is 1.70. The molecule has 0 spiro atoms. The standard InChI is InChI=1S/C24H31FN4O2.HI/c1-26-23(29-13-11-28(12-14-29)21-7-2-3-8-22(21)30)27-18-24(9-15-31-16-10-24)19-5-4-6-20(25)17-19;/h2-8,17,30H,9-16,18H2,1H3,(H,26,27);1H. The van der Waals surface area contributed by atoms with Crippen LogP contribution in [0.2, 0.25) is 0 Å². The Bertz CT molecular complexity index is 912. The zero-order chi connectivity index (χ0) is 21.7. The van der Waals surface area contributed by atoms with Crippen LogP contribution >= 0.6 is 24.0 Å². The number of nitrogens with zero attached hydrogens (tertiary/aromatic N) is 3. The van der Waals surface area contributed by atoms with Gasteiger partial charge in [0.2, 0.25) is 0 Å². The third-order valence-corrected chi connectivity index (χ3v) is 6.49. The number of hydrogen-bond acceptors (Lipinski definition) is 4. The van der Waals surface area contributed by atoms with Gasteiger partial charge in [-0.05, 0) is 42.7 Å². The van der Waals surface area contributed by atoms with Crippen molar-refractivity contribution < 1.29 is 14.2 Å². The number of phenols is 1. The van der Waals surface area contributed by atoms with Crippen molar-refractivity contribution in [1.82, 2.24) is 10.2 Å². The van der Waals surface area contributed by atoms with Crippen LogP contribution in [-0.2, 0) is 10.2 Å². The van der Waals surface area contributed by atoms with Crippen molar-refractivity contribution in [3.63, 3.8) is 0 Å². The number of halogens is 2. The molecule has 2 N–H and O–H groups in total. The van der Waals surface area contributed by atoms with Crippen LogP contribution in [-0.4, -0.2) is 69.0 Å². The lowest BCUT2D eigenvalue weighted by Gasteiger charge is -2.41. The second-order valence-corrected chi connectivity index (χ2v) is 8.27. The molecule has 8 heteroatoms. The average molecular weight is 554 g/mol. The van der Waals surface area contributed by atoms with Gasteiger partial charge >= 0.3 is 0 Å². The molecule has 2 aromatic rings. The summed E-state index contributed by atoms with van der Waals surface area (Å²) in [5.41, 5.74) is 1.72. The normalized spacial score (nSPS) is 18.8. The number of hydrogen-bond donors (Lipinski definition) is 2. The van der Waals surface area contributed by atoms with Gasteiger partial charge in [0, 0.05) is 58.4 Å². The molecule has 0 aromatic heterocycles. The van der Waals surface area contributed by atoms with Crippen LogP contribution in [0, 0.1) is 5.82 Å². The van der Waals surface area contributed by atoms with Gasteiger partial charge in [0.1, 0.15) is 11.6 Å². The molecule has 2 heterocycles. The van der Waals surface area contributed by atoms with Crippen LogP contribution in [0.4, 0.5) is 10.1 Å². The van der Waals surface area contributed by atoms with Crippen molar-refractivity contribution in [1.29, 1.82) is 0 Å². The summed E-state index contributed by atoms with van der Waals surface area (Å²) in [6.45, 7) is 5.27. The molecule has 174 valence electrons. The lowest BCUT2D eigenvalue weighted by atomic mass is 9.74. The van der Waals surface area contributed by atoms with Crippen molar-refractivity contribution in [2.75, 3.05) is 57.9 Å². The summed E-state index contributed by atoms with van der Waals surface area (Å²) in [6, 6.07) is 14.4. The summed E-state index contributed by atoms with van der Waals surface area (Å²) in [5.74, 6) is 0.974. The number of benzene rings is 2. The molecule has 0 unspecified atom stereocenters. The highest BCUT2D eigenvalue weighted by Gasteiger charge is 2.35. The summed E-state index contributed by atoms with van der Waals surface area (Å²) < 4.78 is 19.5. The Labute approximate surface area is 206 Å². The summed E-state index contributed by atoms with van der Waals surface area (Å²) in [4.78, 5) is 8.96. The number of ether oxygens (including phenoxy) is 1. The van der Waals surface area contributed by atoms with E-state index in [9.17, 15) is 9.50 Å². The molecule has 2 aliphatic heterocycles. The molecule has 0 saturated carbocycles. The molecule has 2 aromatic carbocycles. The van der Waals surface area contributed by atoms with E-state index in [4.69, 9.17) is 4.74 Å². The molecule has 2 fully saturated rings. The topological polar surface area (TPSA) is 60.3 Å². The Balaban J connectivity index is 0.00000289. The molecule has 2 saturated heterocycles. The molecule has 0 amide bonds. The van der Waals surface area contributed by atoms with E-state index in [0.717, 1.165) is 56.2 Å². The van der Waals surface area contributed by atoms with Crippen LogP contribution in [0.3, 0.4) is 0 Å². The van der Waals surface area contributed by atoms with Gasteiger partial charge in [-0.2, -0.15) is 0 Å². The van der Waals surface area contributed by atoms with Gasteiger partial charge in [0.15, 0.2) is 5.96 Å². The highest BCUT2D eigenvalue weighted by molar-refractivity contribution is 14.0. The number of anilines is 1. The predicted molar refractivity (Wildman–Crippen MR) is 137 cm³/mol. The van der Waals surface area contributed by atoms with Crippen LogP contribution < -0.4 is 10.2 Å². The van der Waals surface area contributed by atoms with Crippen molar-refractivity contribution in [2.45, 2.75) is 18.3 Å². The number of nitrogens with one attached hydrogen (secondary N) is 1. The molecule has 4 rings (SSSR count). The minimum absolute atomic E-state index is 0. The second kappa shape index (κ2) is 11.2. The third-order valence-electron chi connectivity index (χ3n) is 6.49. The maximum absolute atomic E-state index is 13.9. The number of aliphatic imine (C=N–C) groups is 1. The Hall–Kier alpha value is -2.07. The molecule has 2 aliphatic rings. The zero-order valence-electron chi connectivity index (χ0n) is 18.5. The number of rotatable bonds is 4. The van der Waals surface area contributed by atoms with E-state index < -0.39 is 0 Å². The van der Waals surface area contributed by atoms with Gasteiger partial charge in [-0.15, -0.1) is 24.0 Å². The van der Waals surface area contributed by atoms with Gasteiger partial charge in [0.05, 0.1) is 5.69 Å². The lowest BCUT2D eigenvalue weighted by Crippen LogP contribution is -2.55. The van der Waals surface area contributed by atoms with Gasteiger partial charge in [-0.25, -0.2) is 4.39 Å². The highest BCUT2D eigenvalue weighted by atomic mass is 127. The first-order valence-corrected chi connectivity index (χ1v) is 10.9. The van der Waals surface area contributed by atoms with E-state index in [1.807, 2.05) is 24.3 Å². The van der Waals surface area contributed by atoms with Crippen LogP contribution in [0.25, 0.3) is 0 Å². The van der Waals surface area contributed by atoms with Crippen LogP contribution in [0.15, 0.2) is 53.5 Å². The maximum atomic E-state index is 13.9. The maximum Gasteiger partial charge on any atom is 0.193 e. The predicted octanol–water partition coefficient (Wildman–Crippen LogP) is 3.60. The van der Waals surface area contributed by atoms with Crippen molar-refractivity contribution in [3.8, 4) is 5.75 Å². The molecule has 0 bridgehead atoms. The molecule has 0 radical (unpaired) electrons. The zero-order valence-corrected chi connectivity index (χ0v) is 20.8. The van der Waals surface area contributed by atoms with E-state index in [1.54, 1.807) is 25.2 Å². The van der Waals surface area contributed by atoms with Gasteiger partial charge in [0.25, 0.3) is 0 Å². The highest BCUT2D eigenvalue weighted by Crippen LogP contribution is 2.35. The molecular weight excluding hydrogens is 522 g/mol.